The van der Waals surface area contributed by atoms with Gasteiger partial charge in [0, 0.05) is 12.1 Å². The van der Waals surface area contributed by atoms with Gasteiger partial charge >= 0.3 is 0 Å². The molecule has 118 valence electrons. The van der Waals surface area contributed by atoms with Crippen LogP contribution in [0.1, 0.15) is 70.9 Å². The summed E-state index contributed by atoms with van der Waals surface area (Å²) in [5, 5.41) is 3.80. The molecule has 1 unspecified atom stereocenters. The van der Waals surface area contributed by atoms with Crippen molar-refractivity contribution in [3.8, 4) is 5.75 Å². The minimum absolute atomic E-state index is 0.402. The Bertz CT molecular complexity index is 393. The van der Waals surface area contributed by atoms with Crippen LogP contribution in [0.2, 0.25) is 0 Å². The molecule has 0 radical (unpaired) electrons. The summed E-state index contributed by atoms with van der Waals surface area (Å²) >= 11 is 0. The van der Waals surface area contributed by atoms with E-state index in [-0.39, 0.29) is 0 Å². The minimum Gasteiger partial charge on any atom is -0.494 e. The van der Waals surface area contributed by atoms with Crippen LogP contribution in [-0.4, -0.2) is 12.6 Å². The van der Waals surface area contributed by atoms with Gasteiger partial charge in [-0.2, -0.15) is 0 Å². The predicted molar refractivity (Wildman–Crippen MR) is 89.8 cm³/mol. The van der Waals surface area contributed by atoms with E-state index in [0.29, 0.717) is 12.1 Å². The van der Waals surface area contributed by atoms with Crippen molar-refractivity contribution in [2.75, 3.05) is 6.61 Å². The van der Waals surface area contributed by atoms with Crippen LogP contribution in [0.3, 0.4) is 0 Å². The molecule has 2 atom stereocenters. The van der Waals surface area contributed by atoms with Gasteiger partial charge in [0.05, 0.1) is 6.61 Å². The number of ether oxygens (including phenoxy) is 1. The van der Waals surface area contributed by atoms with Crippen molar-refractivity contribution in [2.24, 2.45) is 5.92 Å². The molecule has 0 spiro atoms. The fourth-order valence-corrected chi connectivity index (χ4v) is 3.46. The van der Waals surface area contributed by atoms with Gasteiger partial charge in [0.2, 0.25) is 0 Å². The van der Waals surface area contributed by atoms with Crippen LogP contribution < -0.4 is 10.1 Å². The Morgan fingerprint density at radius 1 is 1.05 bits per heavy atom. The van der Waals surface area contributed by atoms with E-state index in [1.165, 1.54) is 44.1 Å². The maximum Gasteiger partial charge on any atom is 0.119 e. The first-order chi connectivity index (χ1) is 10.2. The van der Waals surface area contributed by atoms with Crippen LogP contribution in [0.15, 0.2) is 24.3 Å². The van der Waals surface area contributed by atoms with Crippen LogP contribution in [0, 0.1) is 5.92 Å². The Balaban J connectivity index is 1.88. The van der Waals surface area contributed by atoms with Crippen molar-refractivity contribution in [2.45, 2.75) is 71.4 Å². The number of nitrogens with one attached hydrogen (secondary N) is 1. The van der Waals surface area contributed by atoms with Gasteiger partial charge in [-0.3, -0.25) is 0 Å². The van der Waals surface area contributed by atoms with Crippen molar-refractivity contribution in [1.82, 2.24) is 5.32 Å². The molecular formula is C19H31NO. The molecular weight excluding hydrogens is 258 g/mol. The second kappa shape index (κ2) is 8.43. The van der Waals surface area contributed by atoms with Crippen LogP contribution in [0.5, 0.6) is 5.75 Å². The molecule has 1 aliphatic carbocycles. The van der Waals surface area contributed by atoms with Crippen molar-refractivity contribution in [3.63, 3.8) is 0 Å². The van der Waals surface area contributed by atoms with Gasteiger partial charge in [0.1, 0.15) is 5.75 Å². The average Bonchev–Trinajstić information content (AvgIpc) is 2.77. The van der Waals surface area contributed by atoms with Crippen LogP contribution >= 0.6 is 0 Å². The van der Waals surface area contributed by atoms with E-state index in [4.69, 9.17) is 4.74 Å². The highest BCUT2D eigenvalue weighted by Crippen LogP contribution is 2.27. The smallest absolute Gasteiger partial charge is 0.119 e. The molecule has 1 fully saturated rings. The summed E-state index contributed by atoms with van der Waals surface area (Å²) < 4.78 is 5.51. The molecule has 2 nitrogen and oxygen atoms in total. The van der Waals surface area contributed by atoms with Crippen LogP contribution in [0.4, 0.5) is 0 Å². The third kappa shape index (κ3) is 5.03. The van der Waals surface area contributed by atoms with E-state index >= 15 is 0 Å². The standard InChI is InChI=1S/C19H31NO/c1-4-21-19-13-11-18(12-14-19)16(3)20-15(2)17-9-7-5-6-8-10-17/h11-17,20H,4-10H2,1-3H3/t15-,16?/m0/s1. The number of rotatable bonds is 6. The lowest BCUT2D eigenvalue weighted by molar-refractivity contribution is 0.316. The zero-order chi connectivity index (χ0) is 15.1. The molecule has 0 saturated heterocycles. The predicted octanol–water partition coefficient (Wildman–Crippen LogP) is 5.09. The molecule has 0 heterocycles. The molecule has 1 N–H and O–H groups in total. The van der Waals surface area contributed by atoms with Gasteiger partial charge in [-0.15, -0.1) is 0 Å². The SMILES string of the molecule is CCOc1ccc(C(C)N[C@@H](C)C2CCCCCC2)cc1. The van der Waals surface area contributed by atoms with Crippen molar-refractivity contribution in [1.29, 1.82) is 0 Å². The third-order valence-corrected chi connectivity index (χ3v) is 4.81. The topological polar surface area (TPSA) is 21.3 Å². The third-order valence-electron chi connectivity index (χ3n) is 4.81. The first-order valence-corrected chi connectivity index (χ1v) is 8.69. The van der Waals surface area contributed by atoms with Gasteiger partial charge in [0.25, 0.3) is 0 Å². The van der Waals surface area contributed by atoms with E-state index in [2.05, 4.69) is 43.4 Å². The molecule has 1 aromatic rings. The molecule has 1 saturated carbocycles. The fourth-order valence-electron chi connectivity index (χ4n) is 3.46. The summed E-state index contributed by atoms with van der Waals surface area (Å²) in [7, 11) is 0. The number of hydrogen-bond acceptors (Lipinski definition) is 2. The maximum absolute atomic E-state index is 5.51. The highest BCUT2D eigenvalue weighted by molar-refractivity contribution is 5.29. The molecule has 0 bridgehead atoms. The molecule has 1 aromatic carbocycles. The molecule has 2 heteroatoms. The van der Waals surface area contributed by atoms with Gasteiger partial charge < -0.3 is 10.1 Å². The Kier molecular flexibility index (Phi) is 6.56. The normalized spacial score (nSPS) is 19.8. The molecule has 21 heavy (non-hydrogen) atoms. The minimum atomic E-state index is 0.402. The zero-order valence-corrected chi connectivity index (χ0v) is 13.9. The lowest BCUT2D eigenvalue weighted by Crippen LogP contribution is -2.35. The fraction of sp³-hybridized carbons (Fsp3) is 0.684. The molecule has 2 rings (SSSR count). The first kappa shape index (κ1) is 16.4. The zero-order valence-electron chi connectivity index (χ0n) is 13.9. The highest BCUT2D eigenvalue weighted by atomic mass is 16.5. The van der Waals surface area contributed by atoms with Gasteiger partial charge in [0.15, 0.2) is 0 Å². The van der Waals surface area contributed by atoms with Crippen LogP contribution in [-0.2, 0) is 0 Å². The Hall–Kier alpha value is -1.02. The molecule has 0 amide bonds. The summed E-state index contributed by atoms with van der Waals surface area (Å²) in [6.07, 6.45) is 8.46. The maximum atomic E-state index is 5.51. The van der Waals surface area contributed by atoms with Gasteiger partial charge in [-0.05, 0) is 57.2 Å². The number of hydrogen-bond donors (Lipinski definition) is 1. The van der Waals surface area contributed by atoms with E-state index < -0.39 is 0 Å². The summed E-state index contributed by atoms with van der Waals surface area (Å²) in [6.45, 7) is 7.38. The second-order valence-electron chi connectivity index (χ2n) is 6.43. The molecule has 1 aliphatic rings. The molecule has 0 aromatic heterocycles. The Morgan fingerprint density at radius 2 is 1.67 bits per heavy atom. The average molecular weight is 289 g/mol. The Labute approximate surface area is 130 Å². The summed E-state index contributed by atoms with van der Waals surface area (Å²) in [5.74, 6) is 1.81. The van der Waals surface area contributed by atoms with E-state index in [1.54, 1.807) is 0 Å². The quantitative estimate of drug-likeness (QED) is 0.736. The lowest BCUT2D eigenvalue weighted by Gasteiger charge is -2.27. The first-order valence-electron chi connectivity index (χ1n) is 8.69. The van der Waals surface area contributed by atoms with Crippen LogP contribution in [0.25, 0.3) is 0 Å². The van der Waals surface area contributed by atoms with Crippen molar-refractivity contribution >= 4 is 0 Å². The summed E-state index contributed by atoms with van der Waals surface area (Å²) in [5.41, 5.74) is 1.35. The van der Waals surface area contributed by atoms with E-state index in [0.717, 1.165) is 18.3 Å². The Morgan fingerprint density at radius 3 is 2.24 bits per heavy atom. The van der Waals surface area contributed by atoms with Gasteiger partial charge in [-0.25, -0.2) is 0 Å². The largest absolute Gasteiger partial charge is 0.494 e. The van der Waals surface area contributed by atoms with Crippen molar-refractivity contribution < 1.29 is 4.74 Å². The second-order valence-corrected chi connectivity index (χ2v) is 6.43. The summed E-state index contributed by atoms with van der Waals surface area (Å²) in [6, 6.07) is 9.52. The van der Waals surface area contributed by atoms with Gasteiger partial charge in [-0.1, -0.05) is 37.8 Å². The monoisotopic (exact) mass is 289 g/mol. The van der Waals surface area contributed by atoms with Crippen molar-refractivity contribution in [3.05, 3.63) is 29.8 Å². The van der Waals surface area contributed by atoms with E-state index in [9.17, 15) is 0 Å². The summed E-state index contributed by atoms with van der Waals surface area (Å²) in [4.78, 5) is 0. The highest BCUT2D eigenvalue weighted by Gasteiger charge is 2.20. The number of benzene rings is 1. The van der Waals surface area contributed by atoms with E-state index in [1.807, 2.05) is 6.92 Å². The molecule has 0 aliphatic heterocycles. The lowest BCUT2D eigenvalue weighted by atomic mass is 9.92.